The number of hydrogen-bond acceptors (Lipinski definition) is 4. The first-order chi connectivity index (χ1) is 8.99. The van der Waals surface area contributed by atoms with E-state index in [1.165, 1.54) is 12.3 Å². The zero-order valence-electron chi connectivity index (χ0n) is 10.2. The summed E-state index contributed by atoms with van der Waals surface area (Å²) >= 11 is 5.77. The molecule has 0 amide bonds. The van der Waals surface area contributed by atoms with E-state index in [4.69, 9.17) is 11.6 Å². The fourth-order valence-electron chi connectivity index (χ4n) is 1.44. The van der Waals surface area contributed by atoms with E-state index in [9.17, 15) is 8.42 Å². The van der Waals surface area contributed by atoms with Crippen molar-refractivity contribution in [2.45, 2.75) is 18.4 Å². The van der Waals surface area contributed by atoms with Gasteiger partial charge >= 0.3 is 0 Å². The molecule has 0 radical (unpaired) electrons. The molecule has 0 atom stereocenters. The van der Waals surface area contributed by atoms with Crippen LogP contribution in [0.5, 0.6) is 0 Å². The van der Waals surface area contributed by atoms with Crippen LogP contribution in [-0.2, 0) is 16.6 Å². The van der Waals surface area contributed by atoms with Gasteiger partial charge in [0.15, 0.2) is 0 Å². The lowest BCUT2D eigenvalue weighted by molar-refractivity contribution is 0.580. The smallest absolute Gasteiger partial charge is 0.242 e. The summed E-state index contributed by atoms with van der Waals surface area (Å²) in [6.07, 6.45) is 4.47. The van der Waals surface area contributed by atoms with Crippen molar-refractivity contribution in [3.63, 3.8) is 0 Å². The lowest BCUT2D eigenvalue weighted by atomic mass is 10.3. The molecular formula is C12H12ClN3O2S. The molecule has 0 fully saturated rings. The Balaban J connectivity index is 2.16. The molecule has 0 aliphatic carbocycles. The fraction of sp³-hybridized carbons (Fsp3) is 0.167. The van der Waals surface area contributed by atoms with Crippen molar-refractivity contribution in [3.05, 3.63) is 53.1 Å². The minimum Gasteiger partial charge on any atom is -0.264 e. The third kappa shape index (κ3) is 3.50. The normalized spacial score (nSPS) is 11.5. The van der Waals surface area contributed by atoms with E-state index < -0.39 is 10.0 Å². The molecule has 2 heterocycles. The Hall–Kier alpha value is -1.50. The molecule has 19 heavy (non-hydrogen) atoms. The average molecular weight is 298 g/mol. The Bertz CT molecular complexity index is 675. The van der Waals surface area contributed by atoms with Gasteiger partial charge in [0.05, 0.1) is 0 Å². The SMILES string of the molecule is Cc1cc(S(=O)(=O)NCc2cccnc2)cnc1Cl. The molecular weight excluding hydrogens is 286 g/mol. The molecule has 100 valence electrons. The number of nitrogens with one attached hydrogen (secondary N) is 1. The van der Waals surface area contributed by atoms with Crippen molar-refractivity contribution < 1.29 is 8.42 Å². The second kappa shape index (κ2) is 5.64. The number of aromatic nitrogens is 2. The third-order valence-corrected chi connectivity index (χ3v) is 4.25. The Labute approximate surface area is 116 Å². The van der Waals surface area contributed by atoms with Gasteiger partial charge in [-0.2, -0.15) is 0 Å². The summed E-state index contributed by atoms with van der Waals surface area (Å²) in [5.74, 6) is 0. The third-order valence-electron chi connectivity index (χ3n) is 2.49. The summed E-state index contributed by atoms with van der Waals surface area (Å²) in [6.45, 7) is 1.88. The van der Waals surface area contributed by atoms with Gasteiger partial charge in [-0.05, 0) is 30.2 Å². The van der Waals surface area contributed by atoms with Crippen molar-refractivity contribution in [2.75, 3.05) is 0 Å². The second-order valence-corrected chi connectivity index (χ2v) is 6.09. The number of hydrogen-bond donors (Lipinski definition) is 1. The molecule has 2 aromatic rings. The van der Waals surface area contributed by atoms with E-state index in [1.54, 1.807) is 31.5 Å². The average Bonchev–Trinajstić information content (AvgIpc) is 2.41. The van der Waals surface area contributed by atoms with E-state index in [0.29, 0.717) is 10.7 Å². The van der Waals surface area contributed by atoms with Gasteiger partial charge in [-0.1, -0.05) is 17.7 Å². The quantitative estimate of drug-likeness (QED) is 0.875. The van der Waals surface area contributed by atoms with Gasteiger partial charge in [0.25, 0.3) is 0 Å². The number of sulfonamides is 1. The maximum atomic E-state index is 12.1. The summed E-state index contributed by atoms with van der Waals surface area (Å²) < 4.78 is 26.6. The van der Waals surface area contributed by atoms with E-state index in [1.807, 2.05) is 0 Å². The molecule has 2 rings (SSSR count). The Morgan fingerprint density at radius 3 is 2.79 bits per heavy atom. The highest BCUT2D eigenvalue weighted by Gasteiger charge is 2.15. The molecule has 0 saturated carbocycles. The zero-order valence-corrected chi connectivity index (χ0v) is 11.7. The van der Waals surface area contributed by atoms with Crippen molar-refractivity contribution >= 4 is 21.6 Å². The summed E-state index contributed by atoms with van der Waals surface area (Å²) in [5, 5.41) is 0.297. The van der Waals surface area contributed by atoms with Crippen LogP contribution in [-0.4, -0.2) is 18.4 Å². The van der Waals surface area contributed by atoms with Gasteiger partial charge in [0, 0.05) is 25.1 Å². The number of pyridine rings is 2. The highest BCUT2D eigenvalue weighted by Crippen LogP contribution is 2.16. The molecule has 2 aromatic heterocycles. The topological polar surface area (TPSA) is 72.0 Å². The standard InChI is InChI=1S/C12H12ClN3O2S/c1-9-5-11(8-15-12(9)13)19(17,18)16-7-10-3-2-4-14-6-10/h2-6,8,16H,7H2,1H3. The highest BCUT2D eigenvalue weighted by atomic mass is 35.5. The van der Waals surface area contributed by atoms with Gasteiger partial charge in [0.2, 0.25) is 10.0 Å². The van der Waals surface area contributed by atoms with Crippen LogP contribution in [0.2, 0.25) is 5.15 Å². The maximum Gasteiger partial charge on any atom is 0.242 e. The first-order valence-electron chi connectivity index (χ1n) is 5.50. The monoisotopic (exact) mass is 297 g/mol. The summed E-state index contributed by atoms with van der Waals surface area (Å²) in [4.78, 5) is 7.85. The molecule has 0 spiro atoms. The Morgan fingerprint density at radius 1 is 1.37 bits per heavy atom. The van der Waals surface area contributed by atoms with Crippen LogP contribution in [0.3, 0.4) is 0 Å². The lowest BCUT2D eigenvalue weighted by Gasteiger charge is -2.07. The van der Waals surface area contributed by atoms with Crippen LogP contribution in [0.25, 0.3) is 0 Å². The van der Waals surface area contributed by atoms with Crippen molar-refractivity contribution in [1.29, 1.82) is 0 Å². The van der Waals surface area contributed by atoms with Crippen LogP contribution in [0.15, 0.2) is 41.7 Å². The van der Waals surface area contributed by atoms with Crippen LogP contribution >= 0.6 is 11.6 Å². The van der Waals surface area contributed by atoms with Crippen LogP contribution in [0.1, 0.15) is 11.1 Å². The predicted molar refractivity (Wildman–Crippen MR) is 72.2 cm³/mol. The number of aryl methyl sites for hydroxylation is 1. The van der Waals surface area contributed by atoms with Gasteiger partial charge in [-0.3, -0.25) is 4.98 Å². The number of nitrogens with zero attached hydrogens (tertiary/aromatic N) is 2. The van der Waals surface area contributed by atoms with Crippen LogP contribution in [0.4, 0.5) is 0 Å². The highest BCUT2D eigenvalue weighted by molar-refractivity contribution is 7.89. The summed E-state index contributed by atoms with van der Waals surface area (Å²) in [7, 11) is -3.60. The van der Waals surface area contributed by atoms with E-state index in [-0.39, 0.29) is 11.4 Å². The van der Waals surface area contributed by atoms with E-state index in [0.717, 1.165) is 5.56 Å². The molecule has 1 N–H and O–H groups in total. The minimum absolute atomic E-state index is 0.0956. The molecule has 0 aliphatic rings. The maximum absolute atomic E-state index is 12.1. The van der Waals surface area contributed by atoms with Gasteiger partial charge in [-0.25, -0.2) is 18.1 Å². The predicted octanol–water partition coefficient (Wildman–Crippen LogP) is 1.92. The zero-order chi connectivity index (χ0) is 13.9. The molecule has 0 aromatic carbocycles. The largest absolute Gasteiger partial charge is 0.264 e. The van der Waals surface area contributed by atoms with E-state index >= 15 is 0 Å². The van der Waals surface area contributed by atoms with E-state index in [2.05, 4.69) is 14.7 Å². The lowest BCUT2D eigenvalue weighted by Crippen LogP contribution is -2.23. The first-order valence-corrected chi connectivity index (χ1v) is 7.36. The molecule has 0 bridgehead atoms. The van der Waals surface area contributed by atoms with Crippen LogP contribution in [0, 0.1) is 6.92 Å². The Kier molecular flexibility index (Phi) is 4.14. The molecule has 5 nitrogen and oxygen atoms in total. The minimum atomic E-state index is -3.60. The van der Waals surface area contributed by atoms with Gasteiger partial charge < -0.3 is 0 Å². The van der Waals surface area contributed by atoms with Gasteiger partial charge in [0.1, 0.15) is 10.0 Å². The molecule has 7 heteroatoms. The second-order valence-electron chi connectivity index (χ2n) is 3.96. The van der Waals surface area contributed by atoms with Crippen molar-refractivity contribution in [2.24, 2.45) is 0 Å². The van der Waals surface area contributed by atoms with Gasteiger partial charge in [-0.15, -0.1) is 0 Å². The number of rotatable bonds is 4. The summed E-state index contributed by atoms with van der Waals surface area (Å²) in [6, 6.07) is 5.03. The summed E-state index contributed by atoms with van der Waals surface area (Å²) in [5.41, 5.74) is 1.40. The first kappa shape index (κ1) is 13.9. The molecule has 0 unspecified atom stereocenters. The van der Waals surface area contributed by atoms with Crippen molar-refractivity contribution in [1.82, 2.24) is 14.7 Å². The van der Waals surface area contributed by atoms with Crippen molar-refractivity contribution in [3.8, 4) is 0 Å². The van der Waals surface area contributed by atoms with Crippen LogP contribution < -0.4 is 4.72 Å². The molecule has 0 aliphatic heterocycles. The fourth-order valence-corrected chi connectivity index (χ4v) is 2.59. The molecule has 0 saturated heterocycles. The Morgan fingerprint density at radius 2 is 2.16 bits per heavy atom. The number of halogens is 1.